The summed E-state index contributed by atoms with van der Waals surface area (Å²) < 4.78 is 6.50. The molecule has 0 aliphatic carbocycles. The van der Waals surface area contributed by atoms with Crippen LogP contribution in [0, 0.1) is 0 Å². The zero-order valence-electron chi connectivity index (χ0n) is 9.57. The van der Waals surface area contributed by atoms with Gasteiger partial charge in [-0.3, -0.25) is 4.79 Å². The number of nitrogens with one attached hydrogen (secondary N) is 1. The first-order chi connectivity index (χ1) is 8.65. The number of benzene rings is 1. The molecule has 2 rings (SSSR count). The van der Waals surface area contributed by atoms with Crippen LogP contribution in [-0.2, 0) is 9.08 Å². The molecule has 98 valence electrons. The molecule has 1 aliphatic rings. The van der Waals surface area contributed by atoms with Gasteiger partial charge in [0.1, 0.15) is 0 Å². The first kappa shape index (κ1) is 14.9. The Hall–Kier alpha value is -1.15. The molecule has 1 aromatic carbocycles. The van der Waals surface area contributed by atoms with Crippen LogP contribution in [0.3, 0.4) is 0 Å². The van der Waals surface area contributed by atoms with Crippen molar-refractivity contribution in [1.82, 2.24) is 5.32 Å². The lowest BCUT2D eigenvalue weighted by Crippen LogP contribution is -2.21. The molecule has 0 spiro atoms. The first-order valence-corrected chi connectivity index (χ1v) is 6.25. The van der Waals surface area contributed by atoms with E-state index in [9.17, 15) is 4.79 Å². The van der Waals surface area contributed by atoms with Gasteiger partial charge in [-0.25, -0.2) is 0 Å². The smallest absolute Gasteiger partial charge is 0.317 e. The fraction of sp³-hybridized carbons (Fsp3) is 0.182. The quantitative estimate of drug-likeness (QED) is 0.341. The van der Waals surface area contributed by atoms with Crippen LogP contribution in [0.1, 0.15) is 0 Å². The average Bonchev–Trinajstić information content (AvgIpc) is 2.73. The number of thiol groups is 1. The van der Waals surface area contributed by atoms with Crippen LogP contribution < -0.4 is 9.79 Å². The molecule has 2 N–H and O–H groups in total. The number of carbonyl (C=O) groups is 1. The summed E-state index contributed by atoms with van der Waals surface area (Å²) >= 11 is 5.39. The van der Waals surface area contributed by atoms with Crippen LogP contribution in [0.15, 0.2) is 41.8 Å². The monoisotopic (exact) mass is 286 g/mol. The van der Waals surface area contributed by atoms with Crippen LogP contribution >= 0.6 is 24.9 Å². The number of anilines is 1. The summed E-state index contributed by atoms with van der Waals surface area (Å²) in [6.07, 6.45) is 1.61. The van der Waals surface area contributed by atoms with Crippen LogP contribution in [0.4, 0.5) is 5.69 Å². The first-order valence-electron chi connectivity index (χ1n) is 5.11. The fourth-order valence-corrected chi connectivity index (χ4v) is 2.03. The third-order valence-corrected chi connectivity index (χ3v) is 2.99. The number of aliphatic carboxylic acids is 1. The minimum atomic E-state index is -0.841. The zero-order valence-corrected chi connectivity index (χ0v) is 11.3. The lowest BCUT2D eigenvalue weighted by Gasteiger charge is -2.04. The highest BCUT2D eigenvalue weighted by Crippen LogP contribution is 2.39. The average molecular weight is 286 g/mol. The molecule has 0 saturated carbocycles. The number of hydrogen-bond donors (Lipinski definition) is 3. The Morgan fingerprint density at radius 3 is 2.94 bits per heavy atom. The van der Waals surface area contributed by atoms with Crippen molar-refractivity contribution >= 4 is 36.5 Å². The Labute approximate surface area is 116 Å². The standard InChI is InChI=1S/C6H5NOS2.C5H9NO2/c9-7-5-3-1-2-4-6(5)10-8-7;1-2-3-6-4-5(7)8/h1-4,9H;2,6H,1,3-4H2,(H,7,8). The topological polar surface area (TPSA) is 61.8 Å². The molecule has 0 unspecified atom stereocenters. The van der Waals surface area contributed by atoms with Gasteiger partial charge in [0, 0.05) is 6.54 Å². The number of carboxylic acid groups (broad SMARTS) is 1. The summed E-state index contributed by atoms with van der Waals surface area (Å²) in [4.78, 5) is 10.9. The van der Waals surface area contributed by atoms with Crippen molar-refractivity contribution in [1.29, 1.82) is 0 Å². The van der Waals surface area contributed by atoms with E-state index in [0.29, 0.717) is 6.54 Å². The van der Waals surface area contributed by atoms with Crippen molar-refractivity contribution in [2.75, 3.05) is 17.6 Å². The van der Waals surface area contributed by atoms with Gasteiger partial charge in [-0.15, -0.1) is 6.58 Å². The van der Waals surface area contributed by atoms with E-state index in [-0.39, 0.29) is 6.54 Å². The SMILES string of the molecule is C=CCNCC(=O)O.SN1OSc2ccccc21. The number of carboxylic acids is 1. The molecule has 1 aromatic rings. The normalized spacial score (nSPS) is 12.4. The van der Waals surface area contributed by atoms with E-state index in [4.69, 9.17) is 9.39 Å². The van der Waals surface area contributed by atoms with E-state index in [1.807, 2.05) is 24.3 Å². The highest BCUT2D eigenvalue weighted by atomic mass is 32.2. The van der Waals surface area contributed by atoms with E-state index in [2.05, 4.69) is 24.7 Å². The predicted molar refractivity (Wildman–Crippen MR) is 75.6 cm³/mol. The Morgan fingerprint density at radius 1 is 1.61 bits per heavy atom. The van der Waals surface area contributed by atoms with E-state index in [1.165, 1.54) is 16.5 Å². The molecule has 1 heterocycles. The molecule has 5 nitrogen and oxygen atoms in total. The maximum atomic E-state index is 9.78. The molecule has 7 heteroatoms. The second-order valence-electron chi connectivity index (χ2n) is 3.21. The number of para-hydroxylation sites is 1. The molecule has 0 bridgehead atoms. The maximum absolute atomic E-state index is 9.78. The molecule has 0 atom stereocenters. The number of nitrogens with zero attached hydrogens (tertiary/aromatic N) is 1. The van der Waals surface area contributed by atoms with Gasteiger partial charge in [-0.05, 0) is 24.9 Å². The van der Waals surface area contributed by atoms with Gasteiger partial charge in [0.2, 0.25) is 0 Å². The van der Waals surface area contributed by atoms with Crippen molar-refractivity contribution in [2.24, 2.45) is 0 Å². The van der Waals surface area contributed by atoms with E-state index < -0.39 is 5.97 Å². The third-order valence-electron chi connectivity index (χ3n) is 1.83. The molecular formula is C11H14N2O3S2. The maximum Gasteiger partial charge on any atom is 0.317 e. The summed E-state index contributed by atoms with van der Waals surface area (Å²) in [5.41, 5.74) is 1.01. The van der Waals surface area contributed by atoms with Gasteiger partial charge >= 0.3 is 5.97 Å². The van der Waals surface area contributed by atoms with Gasteiger partial charge in [0.25, 0.3) is 0 Å². The Bertz CT molecular complexity index is 415. The van der Waals surface area contributed by atoms with Gasteiger partial charge in [0.15, 0.2) is 0 Å². The third kappa shape index (κ3) is 5.01. The summed E-state index contributed by atoms with van der Waals surface area (Å²) in [5, 5.41) is 10.7. The summed E-state index contributed by atoms with van der Waals surface area (Å²) in [6.45, 7) is 3.96. The van der Waals surface area contributed by atoms with E-state index >= 15 is 0 Å². The summed E-state index contributed by atoms with van der Waals surface area (Å²) in [7, 11) is 0. The second kappa shape index (κ2) is 8.04. The van der Waals surface area contributed by atoms with Crippen molar-refractivity contribution in [3.63, 3.8) is 0 Å². The zero-order chi connectivity index (χ0) is 13.4. The number of fused-ring (bicyclic) bond motifs is 1. The van der Waals surface area contributed by atoms with E-state index in [0.717, 1.165) is 10.6 Å². The summed E-state index contributed by atoms with van der Waals surface area (Å²) in [5.74, 6) is -0.841. The van der Waals surface area contributed by atoms with E-state index in [1.54, 1.807) is 6.08 Å². The molecule has 0 fully saturated rings. The highest BCUT2D eigenvalue weighted by Gasteiger charge is 2.17. The number of rotatable bonds is 4. The predicted octanol–water partition coefficient (Wildman–Crippen LogP) is 2.14. The lowest BCUT2D eigenvalue weighted by molar-refractivity contribution is -0.135. The van der Waals surface area contributed by atoms with Crippen LogP contribution in [0.25, 0.3) is 0 Å². The largest absolute Gasteiger partial charge is 0.480 e. The van der Waals surface area contributed by atoms with Gasteiger partial charge in [-0.1, -0.05) is 18.2 Å². The van der Waals surface area contributed by atoms with Gasteiger partial charge in [0.05, 0.1) is 29.2 Å². The Balaban J connectivity index is 0.000000187. The van der Waals surface area contributed by atoms with Crippen molar-refractivity contribution in [3.8, 4) is 0 Å². The molecular weight excluding hydrogens is 272 g/mol. The molecule has 18 heavy (non-hydrogen) atoms. The Kier molecular flexibility index (Phi) is 6.66. The number of hydrogen-bond acceptors (Lipinski definition) is 6. The molecule has 0 aromatic heterocycles. The summed E-state index contributed by atoms with van der Waals surface area (Å²) in [6, 6.07) is 7.89. The van der Waals surface area contributed by atoms with Crippen molar-refractivity contribution in [3.05, 3.63) is 36.9 Å². The second-order valence-corrected chi connectivity index (χ2v) is 4.33. The Morgan fingerprint density at radius 2 is 2.33 bits per heavy atom. The minimum absolute atomic E-state index is 0.00597. The fourth-order valence-electron chi connectivity index (χ4n) is 1.08. The molecule has 0 saturated heterocycles. The van der Waals surface area contributed by atoms with Gasteiger partial charge < -0.3 is 10.4 Å². The van der Waals surface area contributed by atoms with Crippen molar-refractivity contribution in [2.45, 2.75) is 4.90 Å². The minimum Gasteiger partial charge on any atom is -0.480 e. The van der Waals surface area contributed by atoms with Crippen LogP contribution in [0.2, 0.25) is 0 Å². The van der Waals surface area contributed by atoms with Crippen molar-refractivity contribution < 1.29 is 14.2 Å². The molecule has 1 aliphatic heterocycles. The highest BCUT2D eigenvalue weighted by molar-refractivity contribution is 7.96. The van der Waals surface area contributed by atoms with Crippen LogP contribution in [0.5, 0.6) is 0 Å². The molecule has 0 amide bonds. The molecule has 0 radical (unpaired) electrons. The van der Waals surface area contributed by atoms with Crippen LogP contribution in [-0.4, -0.2) is 24.2 Å². The van der Waals surface area contributed by atoms with Gasteiger partial charge in [-0.2, -0.15) is 8.75 Å². The lowest BCUT2D eigenvalue weighted by atomic mass is 10.3.